The smallest absolute Gasteiger partial charge is 0.191 e. The van der Waals surface area contributed by atoms with Gasteiger partial charge < -0.3 is 24.5 Å². The lowest BCUT2D eigenvalue weighted by atomic mass is 10.1. The van der Waals surface area contributed by atoms with Gasteiger partial charge in [-0.05, 0) is 42.4 Å². The Bertz CT molecular complexity index is 735. The molecule has 2 heterocycles. The molecule has 172 valence electrons. The van der Waals surface area contributed by atoms with E-state index in [1.807, 2.05) is 23.9 Å². The van der Waals surface area contributed by atoms with Gasteiger partial charge >= 0.3 is 0 Å². The van der Waals surface area contributed by atoms with Crippen molar-refractivity contribution in [2.45, 2.75) is 38.5 Å². The minimum Gasteiger partial charge on any atom is -0.469 e. The summed E-state index contributed by atoms with van der Waals surface area (Å²) in [5.74, 6) is 2.85. The van der Waals surface area contributed by atoms with Crippen LogP contribution >= 0.6 is 35.7 Å². The number of benzene rings is 1. The molecule has 1 aliphatic heterocycles. The Morgan fingerprint density at radius 3 is 2.55 bits per heavy atom. The zero-order valence-electron chi connectivity index (χ0n) is 18.2. The van der Waals surface area contributed by atoms with Crippen molar-refractivity contribution in [2.24, 2.45) is 4.99 Å². The molecule has 1 aliphatic rings. The maximum Gasteiger partial charge on any atom is 0.191 e. The zero-order chi connectivity index (χ0) is 20.9. The first-order valence-corrected chi connectivity index (χ1v) is 12.0. The van der Waals surface area contributed by atoms with Gasteiger partial charge in [0, 0.05) is 38.5 Å². The highest BCUT2D eigenvalue weighted by atomic mass is 127. The zero-order valence-corrected chi connectivity index (χ0v) is 21.3. The van der Waals surface area contributed by atoms with E-state index in [2.05, 4.69) is 41.2 Å². The molecule has 0 atom stereocenters. The molecule has 1 aromatic heterocycles. The van der Waals surface area contributed by atoms with Gasteiger partial charge in [-0.1, -0.05) is 24.3 Å². The summed E-state index contributed by atoms with van der Waals surface area (Å²) in [6, 6.07) is 12.4. The third-order valence-electron chi connectivity index (χ3n) is 4.94. The van der Waals surface area contributed by atoms with Crippen LogP contribution in [0.5, 0.6) is 0 Å². The van der Waals surface area contributed by atoms with Crippen molar-refractivity contribution < 1.29 is 13.9 Å². The molecule has 3 rings (SSSR count). The van der Waals surface area contributed by atoms with Crippen LogP contribution < -0.4 is 10.6 Å². The Morgan fingerprint density at radius 2 is 1.84 bits per heavy atom. The first-order valence-electron chi connectivity index (χ1n) is 10.6. The van der Waals surface area contributed by atoms with Gasteiger partial charge in [0.1, 0.15) is 5.76 Å². The van der Waals surface area contributed by atoms with E-state index in [0.717, 1.165) is 63.0 Å². The predicted octanol–water partition coefficient (Wildman–Crippen LogP) is 4.23. The van der Waals surface area contributed by atoms with Crippen LogP contribution in [0.2, 0.25) is 0 Å². The molecule has 0 aliphatic carbocycles. The van der Waals surface area contributed by atoms with Crippen LogP contribution in [0.4, 0.5) is 0 Å². The summed E-state index contributed by atoms with van der Waals surface area (Å²) < 4.78 is 16.8. The fourth-order valence-electron chi connectivity index (χ4n) is 3.17. The number of nitrogens with zero attached hydrogens (tertiary/aromatic N) is 1. The van der Waals surface area contributed by atoms with Crippen LogP contribution in [-0.4, -0.2) is 50.4 Å². The molecule has 1 saturated heterocycles. The summed E-state index contributed by atoms with van der Waals surface area (Å²) in [6.45, 7) is 4.58. The van der Waals surface area contributed by atoms with Crippen LogP contribution in [0.1, 0.15) is 29.7 Å². The molecule has 2 aromatic rings. The van der Waals surface area contributed by atoms with Gasteiger partial charge in [0.15, 0.2) is 5.96 Å². The SMILES string of the molecule is CSCCNC(=NCc1ccc(COC2CCOCC2)cc1)NCCc1ccco1.I. The molecule has 1 aromatic carbocycles. The molecule has 6 nitrogen and oxygen atoms in total. The third kappa shape index (κ3) is 10.3. The highest BCUT2D eigenvalue weighted by molar-refractivity contribution is 14.0. The predicted molar refractivity (Wildman–Crippen MR) is 138 cm³/mol. The lowest BCUT2D eigenvalue weighted by Gasteiger charge is -2.22. The van der Waals surface area contributed by atoms with Gasteiger partial charge in [-0.15, -0.1) is 24.0 Å². The van der Waals surface area contributed by atoms with E-state index in [1.54, 1.807) is 6.26 Å². The second kappa shape index (κ2) is 15.6. The normalized spacial score (nSPS) is 14.8. The fourth-order valence-corrected chi connectivity index (χ4v) is 3.48. The van der Waals surface area contributed by atoms with Crippen molar-refractivity contribution in [1.82, 2.24) is 10.6 Å². The van der Waals surface area contributed by atoms with Crippen molar-refractivity contribution in [3.8, 4) is 0 Å². The Balaban J connectivity index is 0.00000341. The summed E-state index contributed by atoms with van der Waals surface area (Å²) in [5, 5.41) is 6.79. The quantitative estimate of drug-likeness (QED) is 0.186. The lowest BCUT2D eigenvalue weighted by Crippen LogP contribution is -2.39. The molecule has 0 bridgehead atoms. The topological polar surface area (TPSA) is 68.0 Å². The van der Waals surface area contributed by atoms with Crippen LogP contribution in [-0.2, 0) is 29.0 Å². The van der Waals surface area contributed by atoms with Crippen LogP contribution in [0.15, 0.2) is 52.1 Å². The van der Waals surface area contributed by atoms with E-state index < -0.39 is 0 Å². The third-order valence-corrected chi connectivity index (χ3v) is 5.55. The van der Waals surface area contributed by atoms with E-state index >= 15 is 0 Å². The molecular formula is C23H34IN3O3S. The summed E-state index contributed by atoms with van der Waals surface area (Å²) in [7, 11) is 0. The second-order valence-corrected chi connectivity index (χ2v) is 8.27. The molecule has 31 heavy (non-hydrogen) atoms. The van der Waals surface area contributed by atoms with Crippen molar-refractivity contribution in [1.29, 1.82) is 0 Å². The Labute approximate surface area is 207 Å². The number of guanidine groups is 1. The molecule has 0 saturated carbocycles. The molecular weight excluding hydrogens is 525 g/mol. The Hall–Kier alpha value is -1.23. The molecule has 2 N–H and O–H groups in total. The van der Waals surface area contributed by atoms with Gasteiger partial charge in [0.05, 0.1) is 25.5 Å². The van der Waals surface area contributed by atoms with Crippen molar-refractivity contribution in [3.63, 3.8) is 0 Å². The average molecular weight is 560 g/mol. The number of halogens is 1. The van der Waals surface area contributed by atoms with E-state index in [4.69, 9.17) is 18.9 Å². The first-order chi connectivity index (χ1) is 14.8. The monoisotopic (exact) mass is 559 g/mol. The van der Waals surface area contributed by atoms with Crippen molar-refractivity contribution in [2.75, 3.05) is 38.3 Å². The number of hydrogen-bond acceptors (Lipinski definition) is 5. The Kier molecular flexibility index (Phi) is 13.1. The van der Waals surface area contributed by atoms with Crippen molar-refractivity contribution in [3.05, 3.63) is 59.5 Å². The highest BCUT2D eigenvalue weighted by Gasteiger charge is 2.13. The lowest BCUT2D eigenvalue weighted by molar-refractivity contribution is -0.0390. The minimum atomic E-state index is 0. The molecule has 0 radical (unpaired) electrons. The molecule has 1 fully saturated rings. The largest absolute Gasteiger partial charge is 0.469 e. The first kappa shape index (κ1) is 26.0. The highest BCUT2D eigenvalue weighted by Crippen LogP contribution is 2.14. The van der Waals surface area contributed by atoms with E-state index in [0.29, 0.717) is 19.3 Å². The second-order valence-electron chi connectivity index (χ2n) is 7.28. The Morgan fingerprint density at radius 1 is 1.10 bits per heavy atom. The van der Waals surface area contributed by atoms with Crippen LogP contribution in [0, 0.1) is 0 Å². The van der Waals surface area contributed by atoms with Gasteiger partial charge in [-0.2, -0.15) is 11.8 Å². The average Bonchev–Trinajstić information content (AvgIpc) is 3.31. The van der Waals surface area contributed by atoms with Crippen LogP contribution in [0.25, 0.3) is 0 Å². The molecule has 0 unspecified atom stereocenters. The summed E-state index contributed by atoms with van der Waals surface area (Å²) >= 11 is 1.82. The summed E-state index contributed by atoms with van der Waals surface area (Å²) in [4.78, 5) is 4.74. The molecule has 0 spiro atoms. The number of furan rings is 1. The van der Waals surface area contributed by atoms with Gasteiger partial charge in [-0.25, -0.2) is 4.99 Å². The minimum absolute atomic E-state index is 0. The van der Waals surface area contributed by atoms with Gasteiger partial charge in [0.2, 0.25) is 0 Å². The molecule has 0 amide bonds. The maximum atomic E-state index is 6.00. The van der Waals surface area contributed by atoms with Gasteiger partial charge in [0.25, 0.3) is 0 Å². The number of nitrogens with one attached hydrogen (secondary N) is 2. The van der Waals surface area contributed by atoms with E-state index in [1.165, 1.54) is 11.1 Å². The van der Waals surface area contributed by atoms with Gasteiger partial charge in [-0.3, -0.25) is 0 Å². The van der Waals surface area contributed by atoms with E-state index in [-0.39, 0.29) is 24.0 Å². The summed E-state index contributed by atoms with van der Waals surface area (Å²) in [6.07, 6.45) is 6.95. The van der Waals surface area contributed by atoms with E-state index in [9.17, 15) is 0 Å². The maximum absolute atomic E-state index is 6.00. The number of thioether (sulfide) groups is 1. The number of aliphatic imine (C=N–C) groups is 1. The standard InChI is InChI=1S/C23H33N3O3S.HI/c1-30-16-12-25-23(24-11-8-21-3-2-13-28-21)26-17-19-4-6-20(7-5-19)18-29-22-9-14-27-15-10-22;/h2-7,13,22H,8-12,14-18H2,1H3,(H2,24,25,26);1H. The summed E-state index contributed by atoms with van der Waals surface area (Å²) in [5.41, 5.74) is 2.38. The number of ether oxygens (including phenoxy) is 2. The fraction of sp³-hybridized carbons (Fsp3) is 0.522. The van der Waals surface area contributed by atoms with Crippen LogP contribution in [0.3, 0.4) is 0 Å². The molecule has 8 heteroatoms. The number of rotatable bonds is 11. The number of hydrogen-bond donors (Lipinski definition) is 2. The van der Waals surface area contributed by atoms with Crippen molar-refractivity contribution >= 4 is 41.7 Å².